The number of hydrogen-bond donors (Lipinski definition) is 1. The van der Waals surface area contributed by atoms with Crippen LogP contribution in [0.2, 0.25) is 0 Å². The van der Waals surface area contributed by atoms with Crippen LogP contribution in [0.15, 0.2) is 40.9 Å². The van der Waals surface area contributed by atoms with Gasteiger partial charge in [-0.05, 0) is 38.5 Å². The van der Waals surface area contributed by atoms with Crippen LogP contribution in [0.5, 0.6) is 0 Å². The third-order valence-corrected chi connectivity index (χ3v) is 5.20. The van der Waals surface area contributed by atoms with Crippen molar-refractivity contribution in [3.63, 3.8) is 0 Å². The van der Waals surface area contributed by atoms with E-state index < -0.39 is 29.9 Å². The summed E-state index contributed by atoms with van der Waals surface area (Å²) in [7, 11) is 0. The number of thioether (sulfide) groups is 2. The molecule has 0 aliphatic rings. The Balaban J connectivity index is 0.000000254. The summed E-state index contributed by atoms with van der Waals surface area (Å²) in [4.78, 5) is 61.8. The van der Waals surface area contributed by atoms with Crippen molar-refractivity contribution in [1.82, 2.24) is 30.1 Å². The second-order valence-corrected chi connectivity index (χ2v) is 8.03. The number of nitrogens with one attached hydrogen (secondary N) is 1. The summed E-state index contributed by atoms with van der Waals surface area (Å²) < 4.78 is 9.38. The summed E-state index contributed by atoms with van der Waals surface area (Å²) in [6.45, 7) is 3.77. The Morgan fingerprint density at radius 2 is 1.53 bits per heavy atom. The summed E-state index contributed by atoms with van der Waals surface area (Å²) in [5.41, 5.74) is 1.69. The van der Waals surface area contributed by atoms with Gasteiger partial charge in [0, 0.05) is 18.5 Å². The van der Waals surface area contributed by atoms with Crippen molar-refractivity contribution in [1.29, 1.82) is 0 Å². The highest BCUT2D eigenvalue weighted by atomic mass is 32.2. The van der Waals surface area contributed by atoms with Crippen LogP contribution in [0.3, 0.4) is 0 Å². The van der Waals surface area contributed by atoms with E-state index in [4.69, 9.17) is 4.74 Å². The lowest BCUT2D eigenvalue weighted by molar-refractivity contribution is -0.153. The maximum Gasteiger partial charge on any atom is 0.375 e. The predicted octanol–water partition coefficient (Wildman–Crippen LogP) is 2.67. The largest absolute Gasteiger partial charge is 0.461 e. The predicted molar refractivity (Wildman–Crippen MR) is 132 cm³/mol. The summed E-state index contributed by atoms with van der Waals surface area (Å²) >= 11 is 2.73. The summed E-state index contributed by atoms with van der Waals surface area (Å²) in [6, 6.07) is 4.76. The van der Waals surface area contributed by atoms with Gasteiger partial charge in [0.25, 0.3) is 0 Å². The molecule has 0 spiro atoms. The average Bonchev–Trinajstić information content (AvgIpc) is 3.40. The SMILES string of the molecule is CCOC(=O)C(=O)CC(=O)c1ccnc(SC)n1.CCOC(=O)c1cc(-c2ccnc(SC)n2)n[nH]1. The minimum Gasteiger partial charge on any atom is -0.461 e. The summed E-state index contributed by atoms with van der Waals surface area (Å²) in [5, 5.41) is 7.77. The van der Waals surface area contributed by atoms with Gasteiger partial charge in [0.15, 0.2) is 16.1 Å². The molecule has 0 fully saturated rings. The Hall–Kier alpha value is -3.65. The minimum absolute atomic E-state index is 0.100. The quantitative estimate of drug-likeness (QED) is 0.101. The maximum atomic E-state index is 11.7. The lowest BCUT2D eigenvalue weighted by Crippen LogP contribution is -2.21. The molecule has 0 radical (unpaired) electrons. The molecule has 190 valence electrons. The molecule has 3 heterocycles. The molecule has 0 aromatic carbocycles. The van der Waals surface area contributed by atoms with Gasteiger partial charge in [-0.3, -0.25) is 14.7 Å². The number of carbonyl (C=O) groups excluding carboxylic acids is 4. The van der Waals surface area contributed by atoms with Crippen LogP contribution in [0.25, 0.3) is 11.4 Å². The fraction of sp³-hybridized carbons (Fsp3) is 0.318. The van der Waals surface area contributed by atoms with Crippen LogP contribution in [0, 0.1) is 0 Å². The molecular formula is C22H24N6O6S2. The average molecular weight is 533 g/mol. The number of carbonyl (C=O) groups is 4. The third-order valence-electron chi connectivity index (χ3n) is 4.08. The number of aromatic amines is 1. The number of hydrogen-bond acceptors (Lipinski definition) is 13. The molecule has 0 bridgehead atoms. The number of H-pyrrole nitrogens is 1. The van der Waals surface area contributed by atoms with E-state index in [0.29, 0.717) is 34.0 Å². The molecule has 0 saturated heterocycles. The van der Waals surface area contributed by atoms with E-state index >= 15 is 0 Å². The van der Waals surface area contributed by atoms with Crippen LogP contribution in [-0.2, 0) is 19.1 Å². The van der Waals surface area contributed by atoms with Gasteiger partial charge >= 0.3 is 11.9 Å². The smallest absolute Gasteiger partial charge is 0.375 e. The van der Waals surface area contributed by atoms with Gasteiger partial charge in [0.05, 0.1) is 25.3 Å². The Morgan fingerprint density at radius 3 is 2.17 bits per heavy atom. The second kappa shape index (κ2) is 14.7. The van der Waals surface area contributed by atoms with Gasteiger partial charge in [-0.2, -0.15) is 5.10 Å². The van der Waals surface area contributed by atoms with E-state index in [9.17, 15) is 19.2 Å². The first-order valence-electron chi connectivity index (χ1n) is 10.5. The van der Waals surface area contributed by atoms with E-state index in [2.05, 4.69) is 34.9 Å². The molecule has 3 rings (SSSR count). The zero-order valence-electron chi connectivity index (χ0n) is 20.0. The van der Waals surface area contributed by atoms with Gasteiger partial charge in [0.2, 0.25) is 5.78 Å². The number of ketones is 2. The van der Waals surface area contributed by atoms with Crippen molar-refractivity contribution in [2.45, 2.75) is 30.6 Å². The Kier molecular flexibility index (Phi) is 11.7. The van der Waals surface area contributed by atoms with Crippen LogP contribution >= 0.6 is 23.5 Å². The topological polar surface area (TPSA) is 167 Å². The molecule has 12 nitrogen and oxygen atoms in total. The van der Waals surface area contributed by atoms with Crippen LogP contribution < -0.4 is 0 Å². The first kappa shape index (κ1) is 28.6. The van der Waals surface area contributed by atoms with Crippen molar-refractivity contribution in [3.05, 3.63) is 42.0 Å². The molecule has 0 aliphatic carbocycles. The zero-order chi connectivity index (χ0) is 26.5. The number of nitrogens with zero attached hydrogens (tertiary/aromatic N) is 5. The van der Waals surface area contributed by atoms with Gasteiger partial charge in [-0.25, -0.2) is 29.5 Å². The first-order valence-corrected chi connectivity index (χ1v) is 13.0. The minimum atomic E-state index is -0.995. The van der Waals surface area contributed by atoms with Crippen molar-refractivity contribution in [3.8, 4) is 11.4 Å². The van der Waals surface area contributed by atoms with E-state index in [1.165, 1.54) is 35.8 Å². The number of Topliss-reactive ketones (excluding diaryl/α,β-unsaturated/α-hetero) is 2. The van der Waals surface area contributed by atoms with Gasteiger partial charge in [-0.1, -0.05) is 23.5 Å². The lowest BCUT2D eigenvalue weighted by atomic mass is 10.1. The fourth-order valence-electron chi connectivity index (χ4n) is 2.46. The molecule has 3 aromatic rings. The highest BCUT2D eigenvalue weighted by Gasteiger charge is 2.21. The van der Waals surface area contributed by atoms with Gasteiger partial charge in [0.1, 0.15) is 17.1 Å². The normalized spacial score (nSPS) is 10.1. The van der Waals surface area contributed by atoms with Gasteiger partial charge in [-0.15, -0.1) is 0 Å². The molecule has 0 aliphatic heterocycles. The molecule has 3 aromatic heterocycles. The second-order valence-electron chi connectivity index (χ2n) is 6.49. The molecular weight excluding hydrogens is 508 g/mol. The molecule has 0 amide bonds. The van der Waals surface area contributed by atoms with Crippen LogP contribution in [0.1, 0.15) is 41.2 Å². The molecule has 0 unspecified atom stereocenters. The van der Waals surface area contributed by atoms with Crippen molar-refractivity contribution >= 4 is 47.0 Å². The highest BCUT2D eigenvalue weighted by Crippen LogP contribution is 2.18. The van der Waals surface area contributed by atoms with Crippen LogP contribution in [0.4, 0.5) is 0 Å². The van der Waals surface area contributed by atoms with E-state index in [1.807, 2.05) is 6.26 Å². The van der Waals surface area contributed by atoms with E-state index in [-0.39, 0.29) is 12.3 Å². The number of aromatic nitrogens is 6. The zero-order valence-corrected chi connectivity index (χ0v) is 21.6. The third kappa shape index (κ3) is 8.53. The van der Waals surface area contributed by atoms with Crippen LogP contribution in [-0.4, -0.2) is 79.4 Å². The van der Waals surface area contributed by atoms with Crippen molar-refractivity contribution in [2.24, 2.45) is 0 Å². The summed E-state index contributed by atoms with van der Waals surface area (Å²) in [5.74, 6) is -2.81. The highest BCUT2D eigenvalue weighted by molar-refractivity contribution is 7.98. The Morgan fingerprint density at radius 1 is 0.889 bits per heavy atom. The fourth-order valence-corrected chi connectivity index (χ4v) is 3.17. The molecule has 0 atom stereocenters. The number of ether oxygens (including phenoxy) is 2. The Labute approximate surface area is 215 Å². The number of rotatable bonds is 10. The van der Waals surface area contributed by atoms with Gasteiger partial charge < -0.3 is 9.47 Å². The molecule has 36 heavy (non-hydrogen) atoms. The standard InChI is InChI=1S/C11H12N4O2S.C11H12N2O4S/c1-3-17-10(16)9-6-8(14-15-9)7-4-5-12-11(13-7)18-2;1-3-17-10(16)9(15)6-8(14)7-4-5-12-11(13-7)18-2/h4-6H,3H2,1-2H3,(H,14,15);4-5H,3,6H2,1-2H3. The van der Waals surface area contributed by atoms with Crippen molar-refractivity contribution < 1.29 is 28.7 Å². The maximum absolute atomic E-state index is 11.7. The lowest BCUT2D eigenvalue weighted by Gasteiger charge is -2.01. The van der Waals surface area contributed by atoms with E-state index in [0.717, 1.165) is 0 Å². The first-order chi connectivity index (χ1) is 17.3. The summed E-state index contributed by atoms with van der Waals surface area (Å²) in [6.07, 6.45) is 6.22. The van der Waals surface area contributed by atoms with Crippen molar-refractivity contribution in [2.75, 3.05) is 25.7 Å². The van der Waals surface area contributed by atoms with E-state index in [1.54, 1.807) is 38.4 Å². The Bertz CT molecular complexity index is 1220. The molecule has 1 N–H and O–H groups in total. The monoisotopic (exact) mass is 532 g/mol. The molecule has 14 heteroatoms. The number of esters is 2. The molecule has 0 saturated carbocycles.